The van der Waals surface area contributed by atoms with E-state index in [0.717, 1.165) is 35.7 Å². The summed E-state index contributed by atoms with van der Waals surface area (Å²) >= 11 is 0. The van der Waals surface area contributed by atoms with Crippen LogP contribution in [0.4, 0.5) is 0 Å². The minimum atomic E-state index is -0.364. The highest BCUT2D eigenvalue weighted by Crippen LogP contribution is 2.22. The molecule has 1 aliphatic heterocycles. The minimum Gasteiger partial charge on any atom is -0.465 e. The number of benzene rings is 1. The van der Waals surface area contributed by atoms with Crippen molar-refractivity contribution in [3.63, 3.8) is 0 Å². The Morgan fingerprint density at radius 3 is 2.29 bits per heavy atom. The molecule has 1 aromatic carbocycles. The molecule has 150 valence electrons. The molecule has 0 radical (unpaired) electrons. The number of morpholine rings is 1. The van der Waals surface area contributed by atoms with Crippen molar-refractivity contribution in [1.29, 1.82) is 0 Å². The van der Waals surface area contributed by atoms with Crippen LogP contribution in [0.5, 0.6) is 0 Å². The van der Waals surface area contributed by atoms with Crippen LogP contribution in [0.2, 0.25) is 0 Å². The first-order chi connectivity index (χ1) is 13.3. The second kappa shape index (κ2) is 8.29. The number of ketones is 1. The summed E-state index contributed by atoms with van der Waals surface area (Å²) in [6.45, 7) is 9.95. The number of hydrogen-bond acceptors (Lipinski definition) is 5. The van der Waals surface area contributed by atoms with E-state index in [4.69, 9.17) is 9.47 Å². The fraction of sp³-hybridized carbons (Fsp3) is 0.455. The molecule has 0 N–H and O–H groups in total. The van der Waals surface area contributed by atoms with Crippen LogP contribution in [0.25, 0.3) is 5.69 Å². The SMILES string of the molecule is COC(=O)c1ccc(-n2c(C)cc(C(=O)CN3CC(C)OC(C)C3)c2C)cc1. The predicted molar refractivity (Wildman–Crippen MR) is 107 cm³/mol. The van der Waals surface area contributed by atoms with Crippen molar-refractivity contribution in [2.75, 3.05) is 26.7 Å². The summed E-state index contributed by atoms with van der Waals surface area (Å²) in [7, 11) is 1.37. The number of aromatic nitrogens is 1. The van der Waals surface area contributed by atoms with Gasteiger partial charge in [-0.15, -0.1) is 0 Å². The van der Waals surface area contributed by atoms with Gasteiger partial charge in [0.2, 0.25) is 0 Å². The Balaban J connectivity index is 1.81. The third-order valence-electron chi connectivity index (χ3n) is 5.14. The van der Waals surface area contributed by atoms with Gasteiger partial charge >= 0.3 is 5.97 Å². The topological polar surface area (TPSA) is 60.8 Å². The summed E-state index contributed by atoms with van der Waals surface area (Å²) < 4.78 is 12.5. The number of rotatable bonds is 5. The number of ether oxygens (including phenoxy) is 2. The van der Waals surface area contributed by atoms with Gasteiger partial charge < -0.3 is 14.0 Å². The third-order valence-corrected chi connectivity index (χ3v) is 5.14. The molecular formula is C22H28N2O4. The summed E-state index contributed by atoms with van der Waals surface area (Å²) in [6, 6.07) is 9.15. The van der Waals surface area contributed by atoms with E-state index < -0.39 is 0 Å². The van der Waals surface area contributed by atoms with Crippen molar-refractivity contribution in [2.24, 2.45) is 0 Å². The average Bonchev–Trinajstić information content (AvgIpc) is 2.94. The van der Waals surface area contributed by atoms with Crippen LogP contribution >= 0.6 is 0 Å². The van der Waals surface area contributed by atoms with Gasteiger partial charge in [0.15, 0.2) is 5.78 Å². The fourth-order valence-corrected chi connectivity index (χ4v) is 4.01. The van der Waals surface area contributed by atoms with E-state index in [2.05, 4.69) is 4.90 Å². The molecule has 0 aliphatic carbocycles. The molecule has 1 aliphatic rings. The molecule has 2 heterocycles. The van der Waals surface area contributed by atoms with Gasteiger partial charge in [-0.2, -0.15) is 0 Å². The maximum Gasteiger partial charge on any atom is 0.337 e. The normalized spacial score (nSPS) is 20.2. The predicted octanol–water partition coefficient (Wildman–Crippen LogP) is 3.17. The summed E-state index contributed by atoms with van der Waals surface area (Å²) in [4.78, 5) is 26.8. The lowest BCUT2D eigenvalue weighted by atomic mass is 10.1. The monoisotopic (exact) mass is 384 g/mol. The van der Waals surface area contributed by atoms with E-state index in [9.17, 15) is 9.59 Å². The molecule has 2 unspecified atom stereocenters. The van der Waals surface area contributed by atoms with E-state index in [1.807, 2.05) is 50.5 Å². The quantitative estimate of drug-likeness (QED) is 0.585. The molecular weight excluding hydrogens is 356 g/mol. The van der Waals surface area contributed by atoms with E-state index in [1.165, 1.54) is 7.11 Å². The van der Waals surface area contributed by atoms with Crippen LogP contribution in [0.1, 0.15) is 46.0 Å². The van der Waals surface area contributed by atoms with Gasteiger partial charge in [0, 0.05) is 35.7 Å². The number of Topliss-reactive ketones (excluding diaryl/α,β-unsaturated/α-hetero) is 1. The number of carbonyl (C=O) groups excluding carboxylic acids is 2. The molecule has 3 rings (SSSR count). The van der Waals surface area contributed by atoms with Crippen molar-refractivity contribution < 1.29 is 19.1 Å². The third kappa shape index (κ3) is 4.18. The second-order valence-corrected chi connectivity index (χ2v) is 7.53. The Bertz CT molecular complexity index is 859. The molecule has 1 fully saturated rings. The smallest absolute Gasteiger partial charge is 0.337 e. The number of nitrogens with zero attached hydrogens (tertiary/aromatic N) is 2. The van der Waals surface area contributed by atoms with Crippen LogP contribution in [-0.2, 0) is 9.47 Å². The van der Waals surface area contributed by atoms with Crippen LogP contribution in [0.3, 0.4) is 0 Å². The Labute approximate surface area is 166 Å². The highest BCUT2D eigenvalue weighted by Gasteiger charge is 2.25. The standard InChI is InChI=1S/C22H28N2O4/c1-14-10-20(21(25)13-23-11-15(2)28-16(3)12-23)17(4)24(14)19-8-6-18(7-9-19)22(26)27-5/h6-10,15-16H,11-13H2,1-5H3. The molecule has 2 aromatic rings. The molecule has 6 heteroatoms. The lowest BCUT2D eigenvalue weighted by Crippen LogP contribution is -2.47. The molecule has 0 bridgehead atoms. The molecule has 28 heavy (non-hydrogen) atoms. The fourth-order valence-electron chi connectivity index (χ4n) is 4.01. The first-order valence-corrected chi connectivity index (χ1v) is 9.58. The highest BCUT2D eigenvalue weighted by atomic mass is 16.5. The lowest BCUT2D eigenvalue weighted by Gasteiger charge is -2.34. The van der Waals surface area contributed by atoms with Crippen molar-refractivity contribution in [2.45, 2.75) is 39.9 Å². The second-order valence-electron chi connectivity index (χ2n) is 7.53. The number of aryl methyl sites for hydroxylation is 1. The molecule has 0 saturated carbocycles. The van der Waals surface area contributed by atoms with Gasteiger partial charge in [0.1, 0.15) is 0 Å². The summed E-state index contributed by atoms with van der Waals surface area (Å²) in [5.41, 5.74) is 4.04. The van der Waals surface area contributed by atoms with Gasteiger partial charge in [-0.3, -0.25) is 9.69 Å². The van der Waals surface area contributed by atoms with Crippen molar-refractivity contribution in [3.8, 4) is 5.69 Å². The summed E-state index contributed by atoms with van der Waals surface area (Å²) in [5, 5.41) is 0. The Morgan fingerprint density at radius 1 is 1.11 bits per heavy atom. The van der Waals surface area contributed by atoms with Gasteiger partial charge in [0.05, 0.1) is 31.4 Å². The first kappa shape index (κ1) is 20.3. The van der Waals surface area contributed by atoms with Crippen molar-refractivity contribution >= 4 is 11.8 Å². The number of esters is 1. The molecule has 0 amide bonds. The average molecular weight is 384 g/mol. The highest BCUT2D eigenvalue weighted by molar-refractivity contribution is 5.99. The molecule has 1 saturated heterocycles. The van der Waals surface area contributed by atoms with Crippen LogP contribution in [-0.4, -0.2) is 60.2 Å². The zero-order valence-electron chi connectivity index (χ0n) is 17.2. The van der Waals surface area contributed by atoms with Gasteiger partial charge in [-0.25, -0.2) is 4.79 Å². The largest absolute Gasteiger partial charge is 0.465 e. The van der Waals surface area contributed by atoms with Crippen LogP contribution < -0.4 is 0 Å². The van der Waals surface area contributed by atoms with Gasteiger partial charge in [-0.1, -0.05) is 0 Å². The number of carbonyl (C=O) groups is 2. The Kier molecular flexibility index (Phi) is 6.01. The Morgan fingerprint density at radius 2 is 1.71 bits per heavy atom. The first-order valence-electron chi connectivity index (χ1n) is 9.58. The van der Waals surface area contributed by atoms with Crippen LogP contribution in [0.15, 0.2) is 30.3 Å². The molecule has 1 aromatic heterocycles. The molecule has 2 atom stereocenters. The maximum absolute atomic E-state index is 13.0. The molecule has 6 nitrogen and oxygen atoms in total. The van der Waals surface area contributed by atoms with Crippen molar-refractivity contribution in [1.82, 2.24) is 9.47 Å². The summed E-state index contributed by atoms with van der Waals surface area (Å²) in [6.07, 6.45) is 0.273. The zero-order valence-corrected chi connectivity index (χ0v) is 17.2. The zero-order chi connectivity index (χ0) is 20.4. The van der Waals surface area contributed by atoms with E-state index in [-0.39, 0.29) is 24.0 Å². The number of methoxy groups -OCH3 is 1. The van der Waals surface area contributed by atoms with Crippen molar-refractivity contribution in [3.05, 3.63) is 52.8 Å². The molecule has 0 spiro atoms. The van der Waals surface area contributed by atoms with E-state index >= 15 is 0 Å². The van der Waals surface area contributed by atoms with Gasteiger partial charge in [-0.05, 0) is 58.0 Å². The Hall–Kier alpha value is -2.44. The maximum atomic E-state index is 13.0. The summed E-state index contributed by atoms with van der Waals surface area (Å²) in [5.74, 6) is -0.246. The van der Waals surface area contributed by atoms with Gasteiger partial charge in [0.25, 0.3) is 0 Å². The van der Waals surface area contributed by atoms with E-state index in [0.29, 0.717) is 12.1 Å². The van der Waals surface area contributed by atoms with E-state index in [1.54, 1.807) is 12.1 Å². The van der Waals surface area contributed by atoms with Crippen LogP contribution in [0, 0.1) is 13.8 Å². The lowest BCUT2D eigenvalue weighted by molar-refractivity contribution is -0.0652. The number of hydrogen-bond donors (Lipinski definition) is 0. The minimum absolute atomic E-state index is 0.117.